The van der Waals surface area contributed by atoms with Crippen LogP contribution in [0.4, 0.5) is 0 Å². The summed E-state index contributed by atoms with van der Waals surface area (Å²) in [6.07, 6.45) is 3.22. The Bertz CT molecular complexity index is 569. The number of nitrogens with zero attached hydrogens (tertiary/aromatic N) is 4. The van der Waals surface area contributed by atoms with Crippen molar-refractivity contribution in [2.45, 2.75) is 19.5 Å². The molecule has 7 nitrogen and oxygen atoms in total. The minimum Gasteiger partial charge on any atom is -0.472 e. The second-order valence-electron chi connectivity index (χ2n) is 5.64. The van der Waals surface area contributed by atoms with Crippen molar-refractivity contribution in [2.24, 2.45) is 0 Å². The van der Waals surface area contributed by atoms with E-state index in [1.807, 2.05) is 6.07 Å². The number of hydrogen-bond donors (Lipinski definition) is 0. The van der Waals surface area contributed by atoms with Gasteiger partial charge < -0.3 is 13.7 Å². The molecule has 1 fully saturated rings. The fourth-order valence-corrected chi connectivity index (χ4v) is 2.77. The van der Waals surface area contributed by atoms with E-state index in [4.69, 9.17) is 13.7 Å². The Morgan fingerprint density at radius 2 is 2.32 bits per heavy atom. The zero-order valence-corrected chi connectivity index (χ0v) is 13.1. The lowest BCUT2D eigenvalue weighted by Gasteiger charge is -2.39. The van der Waals surface area contributed by atoms with E-state index >= 15 is 0 Å². The highest BCUT2D eigenvalue weighted by atomic mass is 16.5. The molecule has 1 atom stereocenters. The van der Waals surface area contributed by atoms with E-state index in [2.05, 4.69) is 26.9 Å². The van der Waals surface area contributed by atoms with E-state index in [1.165, 1.54) is 0 Å². The SMILES string of the molecule is COCCN1CCN(Cc2nc(-c3ccoc3)no2)C[C@H]1C. The topological polar surface area (TPSA) is 67.8 Å². The zero-order valence-electron chi connectivity index (χ0n) is 13.1. The van der Waals surface area contributed by atoms with Crippen LogP contribution >= 0.6 is 0 Å². The van der Waals surface area contributed by atoms with Crippen molar-refractivity contribution in [1.29, 1.82) is 0 Å². The summed E-state index contributed by atoms with van der Waals surface area (Å²) in [5, 5.41) is 4.00. The van der Waals surface area contributed by atoms with Gasteiger partial charge in [0.25, 0.3) is 0 Å². The fourth-order valence-electron chi connectivity index (χ4n) is 2.77. The summed E-state index contributed by atoms with van der Waals surface area (Å²) < 4.78 is 15.5. The van der Waals surface area contributed by atoms with Crippen molar-refractivity contribution in [2.75, 3.05) is 39.9 Å². The van der Waals surface area contributed by atoms with Crippen LogP contribution in [0.5, 0.6) is 0 Å². The van der Waals surface area contributed by atoms with Crippen molar-refractivity contribution in [1.82, 2.24) is 19.9 Å². The number of piperazine rings is 1. The van der Waals surface area contributed by atoms with Crippen molar-refractivity contribution >= 4 is 0 Å². The third-order valence-corrected chi connectivity index (χ3v) is 4.04. The van der Waals surface area contributed by atoms with E-state index in [-0.39, 0.29) is 0 Å². The van der Waals surface area contributed by atoms with Gasteiger partial charge in [0.2, 0.25) is 11.7 Å². The van der Waals surface area contributed by atoms with Crippen molar-refractivity contribution in [3.05, 3.63) is 24.5 Å². The Balaban J connectivity index is 1.54. The minimum atomic E-state index is 0.500. The standard InChI is InChI=1S/C15H22N4O3/c1-12-9-18(4-5-19(12)6-8-20-2)10-14-16-15(17-22-14)13-3-7-21-11-13/h3,7,11-12H,4-6,8-10H2,1-2H3/t12-/m1/s1. The first-order valence-corrected chi connectivity index (χ1v) is 7.57. The summed E-state index contributed by atoms with van der Waals surface area (Å²) >= 11 is 0. The van der Waals surface area contributed by atoms with Gasteiger partial charge >= 0.3 is 0 Å². The Morgan fingerprint density at radius 3 is 3.05 bits per heavy atom. The molecule has 3 heterocycles. The molecule has 120 valence electrons. The lowest BCUT2D eigenvalue weighted by molar-refractivity contribution is 0.0512. The molecule has 0 spiro atoms. The predicted molar refractivity (Wildman–Crippen MR) is 80.2 cm³/mol. The maximum absolute atomic E-state index is 5.34. The first-order chi connectivity index (χ1) is 10.8. The number of ether oxygens (including phenoxy) is 1. The summed E-state index contributed by atoms with van der Waals surface area (Å²) in [5.74, 6) is 1.23. The summed E-state index contributed by atoms with van der Waals surface area (Å²) in [6, 6.07) is 2.32. The average molecular weight is 306 g/mol. The van der Waals surface area contributed by atoms with E-state index in [0.717, 1.165) is 38.3 Å². The summed E-state index contributed by atoms with van der Waals surface area (Å²) in [6.45, 7) is 7.72. The van der Waals surface area contributed by atoms with Crippen LogP contribution in [0.25, 0.3) is 11.4 Å². The smallest absolute Gasteiger partial charge is 0.241 e. The van der Waals surface area contributed by atoms with E-state index < -0.39 is 0 Å². The van der Waals surface area contributed by atoms with Gasteiger partial charge in [-0.05, 0) is 13.0 Å². The van der Waals surface area contributed by atoms with Gasteiger partial charge in [0.1, 0.15) is 6.26 Å². The number of aromatic nitrogens is 2. The molecule has 0 radical (unpaired) electrons. The van der Waals surface area contributed by atoms with Crippen LogP contribution in [0, 0.1) is 0 Å². The molecule has 1 aliphatic rings. The molecular weight excluding hydrogens is 284 g/mol. The summed E-state index contributed by atoms with van der Waals surface area (Å²) in [5.41, 5.74) is 0.841. The van der Waals surface area contributed by atoms with Gasteiger partial charge in [-0.1, -0.05) is 5.16 Å². The van der Waals surface area contributed by atoms with E-state index in [0.29, 0.717) is 24.3 Å². The summed E-state index contributed by atoms with van der Waals surface area (Å²) in [7, 11) is 1.74. The molecule has 22 heavy (non-hydrogen) atoms. The van der Waals surface area contributed by atoms with Gasteiger partial charge in [0.05, 0.1) is 25.0 Å². The third kappa shape index (κ3) is 3.55. The predicted octanol–water partition coefficient (Wildman–Crippen LogP) is 1.48. The Labute approximate surface area is 129 Å². The number of methoxy groups -OCH3 is 1. The van der Waals surface area contributed by atoms with Gasteiger partial charge in [-0.3, -0.25) is 9.80 Å². The largest absolute Gasteiger partial charge is 0.472 e. The molecule has 0 unspecified atom stereocenters. The number of furan rings is 1. The highest BCUT2D eigenvalue weighted by Crippen LogP contribution is 2.17. The molecule has 2 aromatic rings. The second kappa shape index (κ2) is 7.04. The summed E-state index contributed by atoms with van der Waals surface area (Å²) in [4.78, 5) is 9.22. The van der Waals surface area contributed by atoms with Crippen LogP contribution in [0.3, 0.4) is 0 Å². The lowest BCUT2D eigenvalue weighted by Crippen LogP contribution is -2.52. The first kappa shape index (κ1) is 15.2. The van der Waals surface area contributed by atoms with Gasteiger partial charge in [-0.2, -0.15) is 4.98 Å². The molecule has 7 heteroatoms. The second-order valence-corrected chi connectivity index (χ2v) is 5.64. The normalized spacial score (nSPS) is 20.5. The van der Waals surface area contributed by atoms with Crippen molar-refractivity contribution in [3.63, 3.8) is 0 Å². The molecule has 0 aliphatic carbocycles. The Hall–Kier alpha value is -1.70. The van der Waals surface area contributed by atoms with Crippen LogP contribution in [-0.2, 0) is 11.3 Å². The number of rotatable bonds is 6. The first-order valence-electron chi connectivity index (χ1n) is 7.57. The maximum atomic E-state index is 5.34. The van der Waals surface area contributed by atoms with Crippen LogP contribution < -0.4 is 0 Å². The molecule has 0 saturated carbocycles. The van der Waals surface area contributed by atoms with Crippen LogP contribution in [0.2, 0.25) is 0 Å². The Kier molecular flexibility index (Phi) is 4.87. The van der Waals surface area contributed by atoms with Gasteiger partial charge in [0.15, 0.2) is 0 Å². The van der Waals surface area contributed by atoms with E-state index in [1.54, 1.807) is 19.6 Å². The third-order valence-electron chi connectivity index (χ3n) is 4.04. The minimum absolute atomic E-state index is 0.500. The molecule has 1 saturated heterocycles. The van der Waals surface area contributed by atoms with Crippen molar-refractivity contribution in [3.8, 4) is 11.4 Å². The fraction of sp³-hybridized carbons (Fsp3) is 0.600. The molecule has 2 aromatic heterocycles. The zero-order chi connectivity index (χ0) is 15.4. The molecule has 0 amide bonds. The molecule has 3 rings (SSSR count). The van der Waals surface area contributed by atoms with E-state index in [9.17, 15) is 0 Å². The van der Waals surface area contributed by atoms with Crippen LogP contribution in [-0.4, -0.2) is 65.9 Å². The lowest BCUT2D eigenvalue weighted by atomic mass is 10.2. The average Bonchev–Trinajstić information content (AvgIpc) is 3.17. The molecule has 0 N–H and O–H groups in total. The number of hydrogen-bond acceptors (Lipinski definition) is 7. The Morgan fingerprint density at radius 1 is 1.41 bits per heavy atom. The molecule has 0 bridgehead atoms. The molecule has 0 aromatic carbocycles. The maximum Gasteiger partial charge on any atom is 0.241 e. The highest BCUT2D eigenvalue weighted by Gasteiger charge is 2.24. The van der Waals surface area contributed by atoms with Gasteiger partial charge in [-0.15, -0.1) is 0 Å². The molecular formula is C15H22N4O3. The van der Waals surface area contributed by atoms with Crippen LogP contribution in [0.1, 0.15) is 12.8 Å². The van der Waals surface area contributed by atoms with Crippen molar-refractivity contribution < 1.29 is 13.7 Å². The van der Waals surface area contributed by atoms with Gasteiger partial charge in [-0.25, -0.2) is 0 Å². The highest BCUT2D eigenvalue weighted by molar-refractivity contribution is 5.51. The van der Waals surface area contributed by atoms with Crippen LogP contribution in [0.15, 0.2) is 27.5 Å². The monoisotopic (exact) mass is 306 g/mol. The molecule has 1 aliphatic heterocycles. The van der Waals surface area contributed by atoms with Gasteiger partial charge in [0, 0.05) is 39.3 Å². The quantitative estimate of drug-likeness (QED) is 0.800.